The molecule has 84 valence electrons. The van der Waals surface area contributed by atoms with Crippen LogP contribution in [0.3, 0.4) is 0 Å². The van der Waals surface area contributed by atoms with Crippen LogP contribution in [0.15, 0.2) is 0 Å². The molecule has 0 aliphatic heterocycles. The van der Waals surface area contributed by atoms with Gasteiger partial charge in [-0.2, -0.15) is 13.2 Å². The lowest BCUT2D eigenvalue weighted by molar-refractivity contribution is -0.173. The molecule has 0 amide bonds. The molecule has 0 atom stereocenters. The van der Waals surface area contributed by atoms with Crippen LogP contribution in [0, 0.1) is 5.92 Å². The first-order chi connectivity index (χ1) is 6.58. The van der Waals surface area contributed by atoms with Gasteiger partial charge in [0.05, 0.1) is 6.61 Å². The average Bonchev–Trinajstić information content (AvgIpc) is 2.84. The van der Waals surface area contributed by atoms with E-state index >= 15 is 0 Å². The fraction of sp³-hybridized carbons (Fsp3) is 1.00. The lowest BCUT2D eigenvalue weighted by Gasteiger charge is -2.08. The minimum absolute atomic E-state index is 0.129. The zero-order valence-electron chi connectivity index (χ0n) is 8.07. The van der Waals surface area contributed by atoms with Gasteiger partial charge in [0.1, 0.15) is 6.61 Å². The molecular formula is C9H16F3NO. The van der Waals surface area contributed by atoms with Gasteiger partial charge in [-0.05, 0) is 18.9 Å². The van der Waals surface area contributed by atoms with E-state index in [1.165, 1.54) is 12.8 Å². The van der Waals surface area contributed by atoms with E-state index in [2.05, 4.69) is 10.1 Å². The molecule has 1 saturated carbocycles. The molecule has 0 aromatic heterocycles. The molecule has 0 bridgehead atoms. The Hall–Kier alpha value is -0.290. The number of hydrogen-bond donors (Lipinski definition) is 1. The lowest BCUT2D eigenvalue weighted by atomic mass is 10.3. The molecule has 0 radical (unpaired) electrons. The van der Waals surface area contributed by atoms with Gasteiger partial charge in [-0.3, -0.25) is 0 Å². The van der Waals surface area contributed by atoms with Crippen LogP contribution in [0.4, 0.5) is 13.2 Å². The summed E-state index contributed by atoms with van der Waals surface area (Å²) in [6.45, 7) is 0.379. The van der Waals surface area contributed by atoms with Gasteiger partial charge in [-0.1, -0.05) is 12.8 Å². The van der Waals surface area contributed by atoms with Crippen LogP contribution in [-0.4, -0.2) is 32.5 Å². The molecule has 14 heavy (non-hydrogen) atoms. The zero-order valence-corrected chi connectivity index (χ0v) is 8.07. The molecule has 1 rings (SSSR count). The van der Waals surface area contributed by atoms with Gasteiger partial charge >= 0.3 is 6.18 Å². The summed E-state index contributed by atoms with van der Waals surface area (Å²) in [4.78, 5) is 0. The summed E-state index contributed by atoms with van der Waals surface area (Å²) in [6, 6.07) is 0. The van der Waals surface area contributed by atoms with Crippen LogP contribution in [0.25, 0.3) is 0 Å². The molecule has 1 N–H and O–H groups in total. The number of hydrogen-bond acceptors (Lipinski definition) is 2. The smallest absolute Gasteiger partial charge is 0.371 e. The third kappa shape index (κ3) is 7.15. The standard InChI is InChI=1S/C9H16F3NO/c10-9(11,12)7-14-6-5-13-4-3-8-1-2-8/h8,13H,1-7H2. The Labute approximate surface area is 81.8 Å². The maximum absolute atomic E-state index is 11.6. The molecule has 0 aromatic carbocycles. The largest absolute Gasteiger partial charge is 0.411 e. The maximum atomic E-state index is 11.6. The van der Waals surface area contributed by atoms with Crippen molar-refractivity contribution in [1.82, 2.24) is 5.32 Å². The Bertz CT molecular complexity index is 157. The normalized spacial score (nSPS) is 17.4. The summed E-state index contributed by atoms with van der Waals surface area (Å²) in [5.74, 6) is 0.860. The van der Waals surface area contributed by atoms with E-state index in [0.29, 0.717) is 6.54 Å². The summed E-state index contributed by atoms with van der Waals surface area (Å²) in [6.07, 6.45) is -0.439. The Morgan fingerprint density at radius 2 is 1.93 bits per heavy atom. The maximum Gasteiger partial charge on any atom is 0.411 e. The van der Waals surface area contributed by atoms with Gasteiger partial charge in [-0.15, -0.1) is 0 Å². The van der Waals surface area contributed by atoms with Crippen molar-refractivity contribution < 1.29 is 17.9 Å². The second kappa shape index (κ2) is 5.56. The second-order valence-electron chi connectivity index (χ2n) is 3.65. The highest BCUT2D eigenvalue weighted by Crippen LogP contribution is 2.31. The van der Waals surface area contributed by atoms with Crippen molar-refractivity contribution in [2.24, 2.45) is 5.92 Å². The Morgan fingerprint density at radius 1 is 1.21 bits per heavy atom. The van der Waals surface area contributed by atoms with Gasteiger partial charge in [0.25, 0.3) is 0 Å². The molecule has 1 aliphatic rings. The highest BCUT2D eigenvalue weighted by molar-refractivity contribution is 4.73. The monoisotopic (exact) mass is 211 g/mol. The molecule has 0 aromatic rings. The molecular weight excluding hydrogens is 195 g/mol. The van der Waals surface area contributed by atoms with Crippen LogP contribution in [0.5, 0.6) is 0 Å². The minimum Gasteiger partial charge on any atom is -0.371 e. The third-order valence-electron chi connectivity index (χ3n) is 2.12. The van der Waals surface area contributed by atoms with Crippen molar-refractivity contribution in [2.45, 2.75) is 25.4 Å². The van der Waals surface area contributed by atoms with E-state index in [1.807, 2.05) is 0 Å². The van der Waals surface area contributed by atoms with Crippen molar-refractivity contribution >= 4 is 0 Å². The van der Waals surface area contributed by atoms with Gasteiger partial charge in [0.2, 0.25) is 0 Å². The third-order valence-corrected chi connectivity index (χ3v) is 2.12. The molecule has 5 heteroatoms. The SMILES string of the molecule is FC(F)(F)COCCNCCC1CC1. The molecule has 1 aliphatic carbocycles. The lowest BCUT2D eigenvalue weighted by Crippen LogP contribution is -2.24. The van der Waals surface area contributed by atoms with Gasteiger partial charge in [0.15, 0.2) is 0 Å². The van der Waals surface area contributed by atoms with Crippen LogP contribution in [0.1, 0.15) is 19.3 Å². The number of rotatable bonds is 7. The number of alkyl halides is 3. The van der Waals surface area contributed by atoms with Crippen LogP contribution in [0.2, 0.25) is 0 Å². The minimum atomic E-state index is -4.20. The first kappa shape index (κ1) is 11.8. The molecule has 0 unspecified atom stereocenters. The molecule has 2 nitrogen and oxygen atoms in total. The summed E-state index contributed by atoms with van der Waals surface area (Å²) in [7, 11) is 0. The van der Waals surface area contributed by atoms with Gasteiger partial charge in [-0.25, -0.2) is 0 Å². The van der Waals surface area contributed by atoms with Crippen molar-refractivity contribution in [3.05, 3.63) is 0 Å². The summed E-state index contributed by atoms with van der Waals surface area (Å²) < 4.78 is 39.2. The van der Waals surface area contributed by atoms with Crippen LogP contribution in [-0.2, 0) is 4.74 Å². The molecule has 0 spiro atoms. The first-order valence-electron chi connectivity index (χ1n) is 4.93. The predicted octanol–water partition coefficient (Wildman–Crippen LogP) is 1.95. The van der Waals surface area contributed by atoms with E-state index in [0.717, 1.165) is 18.9 Å². The van der Waals surface area contributed by atoms with Crippen molar-refractivity contribution in [1.29, 1.82) is 0 Å². The number of ether oxygens (including phenoxy) is 1. The fourth-order valence-corrected chi connectivity index (χ4v) is 1.17. The van der Waals surface area contributed by atoms with E-state index in [-0.39, 0.29) is 6.61 Å². The highest BCUT2D eigenvalue weighted by atomic mass is 19.4. The van der Waals surface area contributed by atoms with Gasteiger partial charge in [0, 0.05) is 6.54 Å². The second-order valence-corrected chi connectivity index (χ2v) is 3.65. The van der Waals surface area contributed by atoms with Crippen molar-refractivity contribution in [3.8, 4) is 0 Å². The highest BCUT2D eigenvalue weighted by Gasteiger charge is 2.27. The average molecular weight is 211 g/mol. The quantitative estimate of drug-likeness (QED) is 0.650. The van der Waals surface area contributed by atoms with Crippen LogP contribution >= 0.6 is 0 Å². The zero-order chi connectivity index (χ0) is 10.4. The summed E-state index contributed by atoms with van der Waals surface area (Å²) in [5, 5.41) is 3.05. The Morgan fingerprint density at radius 3 is 2.50 bits per heavy atom. The topological polar surface area (TPSA) is 21.3 Å². The van der Waals surface area contributed by atoms with E-state index in [1.54, 1.807) is 0 Å². The number of halogens is 3. The van der Waals surface area contributed by atoms with E-state index in [9.17, 15) is 13.2 Å². The van der Waals surface area contributed by atoms with Gasteiger partial charge < -0.3 is 10.1 Å². The first-order valence-corrected chi connectivity index (χ1v) is 4.93. The predicted molar refractivity (Wildman–Crippen MR) is 47.1 cm³/mol. The molecule has 0 heterocycles. The Balaban J connectivity index is 1.75. The van der Waals surface area contributed by atoms with E-state index < -0.39 is 12.8 Å². The molecule has 1 fully saturated rings. The summed E-state index contributed by atoms with van der Waals surface area (Å²) in [5.41, 5.74) is 0. The fourth-order valence-electron chi connectivity index (χ4n) is 1.17. The molecule has 0 saturated heterocycles. The Kier molecular flexibility index (Phi) is 4.68. The summed E-state index contributed by atoms with van der Waals surface area (Å²) >= 11 is 0. The number of nitrogens with one attached hydrogen (secondary N) is 1. The van der Waals surface area contributed by atoms with Crippen molar-refractivity contribution in [2.75, 3.05) is 26.3 Å². The van der Waals surface area contributed by atoms with Crippen LogP contribution < -0.4 is 5.32 Å². The van der Waals surface area contributed by atoms with E-state index in [4.69, 9.17) is 0 Å². The van der Waals surface area contributed by atoms with Crippen molar-refractivity contribution in [3.63, 3.8) is 0 Å².